The quantitative estimate of drug-likeness (QED) is 0.874. The smallest absolute Gasteiger partial charge is 0.225 e. The number of aryl methyl sites for hydroxylation is 1. The topological polar surface area (TPSA) is 41.1 Å². The van der Waals surface area contributed by atoms with Crippen LogP contribution in [0.4, 0.5) is 10.3 Å². The van der Waals surface area contributed by atoms with Gasteiger partial charge >= 0.3 is 0 Å². The van der Waals surface area contributed by atoms with Crippen LogP contribution in [0.2, 0.25) is 0 Å². The first-order valence-electron chi connectivity index (χ1n) is 7.15. The molecule has 1 aliphatic carbocycles. The van der Waals surface area contributed by atoms with E-state index in [2.05, 4.69) is 20.2 Å². The maximum atomic E-state index is 14.2. The largest absolute Gasteiger partial charge is 0.340 e. The van der Waals surface area contributed by atoms with E-state index >= 15 is 0 Å². The molecule has 2 saturated heterocycles. The summed E-state index contributed by atoms with van der Waals surface area (Å²) >= 11 is 0. The van der Waals surface area contributed by atoms with Gasteiger partial charge < -0.3 is 10.2 Å². The number of halogens is 1. The highest BCUT2D eigenvalue weighted by Gasteiger charge is 2.47. The van der Waals surface area contributed by atoms with Gasteiger partial charge in [-0.15, -0.1) is 0 Å². The summed E-state index contributed by atoms with van der Waals surface area (Å²) in [4.78, 5) is 11.2. The molecule has 0 radical (unpaired) electrons. The van der Waals surface area contributed by atoms with E-state index in [-0.39, 0.29) is 0 Å². The fraction of sp³-hybridized carbons (Fsp3) is 0.714. The summed E-state index contributed by atoms with van der Waals surface area (Å²) in [6.07, 6.45) is 1.22. The minimum atomic E-state index is -1.17. The van der Waals surface area contributed by atoms with Gasteiger partial charge in [-0.05, 0) is 37.7 Å². The Morgan fingerprint density at radius 3 is 2.58 bits per heavy atom. The van der Waals surface area contributed by atoms with Gasteiger partial charge in [-0.2, -0.15) is 0 Å². The summed E-state index contributed by atoms with van der Waals surface area (Å²) < 4.78 is 14.2. The Morgan fingerprint density at radius 1 is 1.26 bits per heavy atom. The second-order valence-electron chi connectivity index (χ2n) is 6.24. The van der Waals surface area contributed by atoms with Crippen molar-refractivity contribution in [3.8, 4) is 0 Å². The van der Waals surface area contributed by atoms with E-state index in [1.54, 1.807) is 6.07 Å². The first kappa shape index (κ1) is 11.6. The van der Waals surface area contributed by atoms with Crippen molar-refractivity contribution < 1.29 is 4.39 Å². The number of anilines is 1. The van der Waals surface area contributed by atoms with E-state index in [1.807, 2.05) is 6.92 Å². The Bertz CT molecular complexity index is 502. The molecule has 0 amide bonds. The fourth-order valence-corrected chi connectivity index (χ4v) is 3.31. The Hall–Kier alpha value is -1.23. The molecule has 102 valence electrons. The molecular weight excluding hydrogens is 243 g/mol. The highest BCUT2D eigenvalue weighted by atomic mass is 19.1. The van der Waals surface area contributed by atoms with Crippen molar-refractivity contribution in [3.05, 3.63) is 17.5 Å². The number of nitrogens with one attached hydrogen (secondary N) is 1. The third kappa shape index (κ3) is 1.91. The van der Waals surface area contributed by atoms with Gasteiger partial charge in [0.2, 0.25) is 5.95 Å². The van der Waals surface area contributed by atoms with Crippen LogP contribution < -0.4 is 10.2 Å². The number of hydrogen-bond acceptors (Lipinski definition) is 4. The minimum Gasteiger partial charge on any atom is -0.340 e. The van der Waals surface area contributed by atoms with Gasteiger partial charge in [-0.3, -0.25) is 0 Å². The van der Waals surface area contributed by atoms with Crippen molar-refractivity contribution in [2.24, 2.45) is 11.8 Å². The van der Waals surface area contributed by atoms with Gasteiger partial charge in [0, 0.05) is 31.9 Å². The molecule has 0 bridgehead atoms. The van der Waals surface area contributed by atoms with Gasteiger partial charge in [-0.25, -0.2) is 14.4 Å². The Balaban J connectivity index is 1.63. The van der Waals surface area contributed by atoms with Crippen LogP contribution in [0, 0.1) is 18.8 Å². The zero-order valence-corrected chi connectivity index (χ0v) is 11.2. The van der Waals surface area contributed by atoms with Crippen LogP contribution in [-0.2, 0) is 5.67 Å². The first-order chi connectivity index (χ1) is 9.14. The van der Waals surface area contributed by atoms with Gasteiger partial charge in [-0.1, -0.05) is 0 Å². The Kier molecular flexibility index (Phi) is 2.37. The predicted octanol–water partition coefficient (Wildman–Crippen LogP) is 1.40. The van der Waals surface area contributed by atoms with Crippen LogP contribution in [0.3, 0.4) is 0 Å². The highest BCUT2D eigenvalue weighted by Crippen LogP contribution is 2.49. The van der Waals surface area contributed by atoms with Gasteiger partial charge in [0.25, 0.3) is 0 Å². The third-order valence-electron chi connectivity index (χ3n) is 4.66. The van der Waals surface area contributed by atoms with Crippen molar-refractivity contribution in [1.29, 1.82) is 0 Å². The standard InChI is InChI=1S/C14H19FN4/c1-9-4-12(14(15)2-3-14)18-13(17-9)19-7-10-5-16-6-11(10)8-19/h4,10-11,16H,2-3,5-8H2,1H3/t10-,11+. The average Bonchev–Trinajstić information content (AvgIpc) is 2.83. The molecule has 4 rings (SSSR count). The molecule has 1 aromatic heterocycles. The molecule has 3 aliphatic rings. The number of fused-ring (bicyclic) bond motifs is 1. The summed E-state index contributed by atoms with van der Waals surface area (Å²) in [7, 11) is 0. The van der Waals surface area contributed by atoms with Crippen molar-refractivity contribution in [2.45, 2.75) is 25.4 Å². The van der Waals surface area contributed by atoms with Crippen molar-refractivity contribution >= 4 is 5.95 Å². The van der Waals surface area contributed by atoms with Crippen LogP contribution in [0.5, 0.6) is 0 Å². The molecule has 19 heavy (non-hydrogen) atoms. The van der Waals surface area contributed by atoms with E-state index in [9.17, 15) is 4.39 Å². The number of nitrogens with zero attached hydrogens (tertiary/aromatic N) is 3. The SMILES string of the molecule is Cc1cc(C2(F)CC2)nc(N2C[C@H]3CNC[C@H]3C2)n1. The minimum absolute atomic E-state index is 0.588. The number of alkyl halides is 1. The zero-order valence-electron chi connectivity index (χ0n) is 11.2. The molecule has 2 aliphatic heterocycles. The van der Waals surface area contributed by atoms with Crippen molar-refractivity contribution in [3.63, 3.8) is 0 Å². The van der Waals surface area contributed by atoms with Gasteiger partial charge in [0.05, 0.1) is 5.69 Å². The highest BCUT2D eigenvalue weighted by molar-refractivity contribution is 5.37. The molecule has 0 spiro atoms. The molecule has 0 unspecified atom stereocenters. The number of aromatic nitrogens is 2. The summed E-state index contributed by atoms with van der Waals surface area (Å²) in [6.45, 7) is 6.11. The molecular formula is C14H19FN4. The maximum Gasteiger partial charge on any atom is 0.225 e. The molecule has 1 N–H and O–H groups in total. The Morgan fingerprint density at radius 2 is 1.95 bits per heavy atom. The monoisotopic (exact) mass is 262 g/mol. The van der Waals surface area contributed by atoms with E-state index in [0.29, 0.717) is 30.4 Å². The maximum absolute atomic E-state index is 14.2. The lowest BCUT2D eigenvalue weighted by molar-refractivity contribution is 0.309. The Labute approximate surface area is 112 Å². The molecule has 3 heterocycles. The third-order valence-corrected chi connectivity index (χ3v) is 4.66. The molecule has 1 saturated carbocycles. The van der Waals surface area contributed by atoms with E-state index < -0.39 is 5.67 Å². The summed E-state index contributed by atoms with van der Waals surface area (Å²) in [5.41, 5.74) is 0.295. The zero-order chi connectivity index (χ0) is 13.0. The molecule has 5 heteroatoms. The molecule has 4 nitrogen and oxygen atoms in total. The van der Waals surface area contributed by atoms with Crippen LogP contribution in [-0.4, -0.2) is 36.1 Å². The van der Waals surface area contributed by atoms with Gasteiger partial charge in [0.15, 0.2) is 5.67 Å². The normalized spacial score (nSPS) is 31.6. The molecule has 3 fully saturated rings. The van der Waals surface area contributed by atoms with Crippen LogP contribution >= 0.6 is 0 Å². The summed E-state index contributed by atoms with van der Waals surface area (Å²) in [5, 5.41) is 3.43. The van der Waals surface area contributed by atoms with E-state index in [0.717, 1.165) is 37.8 Å². The second kappa shape index (κ2) is 3.88. The predicted molar refractivity (Wildman–Crippen MR) is 70.9 cm³/mol. The van der Waals surface area contributed by atoms with E-state index in [1.165, 1.54) is 0 Å². The lowest BCUT2D eigenvalue weighted by Gasteiger charge is -2.19. The molecule has 0 aromatic carbocycles. The van der Waals surface area contributed by atoms with Crippen LogP contribution in [0.15, 0.2) is 6.07 Å². The summed E-state index contributed by atoms with van der Waals surface area (Å²) in [6, 6.07) is 1.80. The number of hydrogen-bond donors (Lipinski definition) is 1. The van der Waals surface area contributed by atoms with E-state index in [4.69, 9.17) is 0 Å². The average molecular weight is 262 g/mol. The lowest BCUT2D eigenvalue weighted by atomic mass is 10.0. The molecule has 1 aromatic rings. The van der Waals surface area contributed by atoms with Crippen LogP contribution in [0.25, 0.3) is 0 Å². The first-order valence-corrected chi connectivity index (χ1v) is 7.15. The van der Waals surface area contributed by atoms with Crippen molar-refractivity contribution in [2.75, 3.05) is 31.1 Å². The molecule has 2 atom stereocenters. The van der Waals surface area contributed by atoms with Crippen LogP contribution in [0.1, 0.15) is 24.2 Å². The second-order valence-corrected chi connectivity index (χ2v) is 6.24. The summed E-state index contributed by atoms with van der Waals surface area (Å²) in [5.74, 6) is 2.13. The lowest BCUT2D eigenvalue weighted by Crippen LogP contribution is -2.27. The van der Waals surface area contributed by atoms with Gasteiger partial charge in [0.1, 0.15) is 0 Å². The fourth-order valence-electron chi connectivity index (χ4n) is 3.31. The van der Waals surface area contributed by atoms with Crippen molar-refractivity contribution in [1.82, 2.24) is 15.3 Å². The number of rotatable bonds is 2.